The molecular formula is C41H42ClN3O7. The number of para-hydroxylation sites is 1. The molecule has 11 heteroatoms. The second kappa shape index (κ2) is 14.7. The maximum Gasteiger partial charge on any atom is 0.313 e. The fourth-order valence-corrected chi connectivity index (χ4v) is 8.63. The number of carbonyl (C=O) groups is 4. The van der Waals surface area contributed by atoms with E-state index in [0.29, 0.717) is 22.7 Å². The minimum absolute atomic E-state index is 0.0812. The molecule has 0 aromatic heterocycles. The van der Waals surface area contributed by atoms with Crippen molar-refractivity contribution in [1.82, 2.24) is 10.2 Å². The Morgan fingerprint density at radius 1 is 0.962 bits per heavy atom. The third-order valence-corrected chi connectivity index (χ3v) is 11.0. The zero-order valence-electron chi connectivity index (χ0n) is 29.1. The Morgan fingerprint density at radius 3 is 2.40 bits per heavy atom. The van der Waals surface area contributed by atoms with Crippen LogP contribution in [0, 0.1) is 18.8 Å². The van der Waals surface area contributed by atoms with Crippen LogP contribution in [0.4, 0.5) is 5.69 Å². The number of amides is 3. The van der Waals surface area contributed by atoms with Crippen molar-refractivity contribution in [3.05, 3.63) is 125 Å². The monoisotopic (exact) mass is 723 g/mol. The molecule has 0 aliphatic carbocycles. The number of hydrogen-bond acceptors (Lipinski definition) is 7. The number of aliphatic hydroxyl groups excluding tert-OH is 1. The van der Waals surface area contributed by atoms with Crippen LogP contribution in [0.3, 0.4) is 0 Å². The number of esters is 1. The Balaban J connectivity index is 1.37. The number of halogens is 1. The SMILES string of the molecule is Cc1cccc(Cl)c1N1C/C=C\CCC(=O)N[C@@H](C)[C@H](c2ccccc2)OC(=O)[C@@H]2[C@H]3C(=O)N([C@@H](CO)Cc4ccccc4)[C@H](C1=O)[C@]31C=C[C@H]2O1. The number of likely N-dealkylation sites (tertiary alicyclic amines) is 1. The first-order chi connectivity index (χ1) is 25.1. The first-order valence-electron chi connectivity index (χ1n) is 17.7. The maximum atomic E-state index is 15.3. The van der Waals surface area contributed by atoms with E-state index in [1.807, 2.05) is 85.8 Å². The fourth-order valence-electron chi connectivity index (χ4n) is 8.31. The van der Waals surface area contributed by atoms with Gasteiger partial charge in [-0.05, 0) is 49.4 Å². The molecule has 0 unspecified atom stereocenters. The Morgan fingerprint density at radius 2 is 1.69 bits per heavy atom. The molecule has 3 aromatic rings. The van der Waals surface area contributed by atoms with Crippen LogP contribution in [0.5, 0.6) is 0 Å². The second-order valence-electron chi connectivity index (χ2n) is 14.0. The summed E-state index contributed by atoms with van der Waals surface area (Å²) in [4.78, 5) is 60.8. The number of hydrogen-bond donors (Lipinski definition) is 2. The Bertz CT molecular complexity index is 1880. The van der Waals surface area contributed by atoms with E-state index in [9.17, 15) is 19.5 Å². The average Bonchev–Trinajstić information content (AvgIpc) is 3.79. The number of nitrogens with one attached hydrogen (secondary N) is 1. The minimum Gasteiger partial charge on any atom is -0.455 e. The second-order valence-corrected chi connectivity index (χ2v) is 14.4. The summed E-state index contributed by atoms with van der Waals surface area (Å²) in [6.45, 7) is 3.27. The summed E-state index contributed by atoms with van der Waals surface area (Å²) in [5, 5.41) is 14.2. The molecule has 10 nitrogen and oxygen atoms in total. The van der Waals surface area contributed by atoms with Gasteiger partial charge in [-0.3, -0.25) is 19.2 Å². The molecule has 1 spiro atoms. The van der Waals surface area contributed by atoms with Crippen molar-refractivity contribution in [3.8, 4) is 0 Å². The molecule has 0 saturated carbocycles. The van der Waals surface area contributed by atoms with Crippen LogP contribution in [-0.4, -0.2) is 76.7 Å². The van der Waals surface area contributed by atoms with Crippen LogP contribution in [-0.2, 0) is 35.1 Å². The van der Waals surface area contributed by atoms with Crippen LogP contribution in [0.2, 0.25) is 5.02 Å². The van der Waals surface area contributed by atoms with Gasteiger partial charge in [-0.2, -0.15) is 0 Å². The number of rotatable bonds is 6. The van der Waals surface area contributed by atoms with Gasteiger partial charge in [0.15, 0.2) is 0 Å². The molecule has 4 aliphatic heterocycles. The zero-order chi connectivity index (χ0) is 36.6. The molecule has 7 rings (SSSR count). The number of allylic oxidation sites excluding steroid dienone is 1. The average molecular weight is 724 g/mol. The van der Waals surface area contributed by atoms with E-state index in [1.165, 1.54) is 9.80 Å². The molecule has 2 N–H and O–H groups in total. The van der Waals surface area contributed by atoms with Gasteiger partial charge >= 0.3 is 5.97 Å². The molecule has 4 aliphatic rings. The van der Waals surface area contributed by atoms with Gasteiger partial charge in [-0.15, -0.1) is 0 Å². The molecule has 5 bridgehead atoms. The largest absolute Gasteiger partial charge is 0.455 e. The van der Waals surface area contributed by atoms with Crippen molar-refractivity contribution >= 4 is 41.0 Å². The van der Waals surface area contributed by atoms with Crippen molar-refractivity contribution in [1.29, 1.82) is 0 Å². The van der Waals surface area contributed by atoms with E-state index >= 15 is 4.79 Å². The highest BCUT2D eigenvalue weighted by atomic mass is 35.5. The van der Waals surface area contributed by atoms with Gasteiger partial charge in [0.2, 0.25) is 11.8 Å². The number of benzene rings is 3. The predicted molar refractivity (Wildman–Crippen MR) is 195 cm³/mol. The van der Waals surface area contributed by atoms with Gasteiger partial charge in [0.05, 0.1) is 41.4 Å². The van der Waals surface area contributed by atoms with Crippen LogP contribution < -0.4 is 10.2 Å². The van der Waals surface area contributed by atoms with Crippen LogP contribution in [0.15, 0.2) is 103 Å². The number of carbonyl (C=O) groups excluding carboxylic acids is 4. The third-order valence-electron chi connectivity index (χ3n) is 10.7. The van der Waals surface area contributed by atoms with Gasteiger partial charge in [0, 0.05) is 13.0 Å². The lowest BCUT2D eigenvalue weighted by Crippen LogP contribution is -2.59. The molecule has 2 fully saturated rings. The van der Waals surface area contributed by atoms with Crippen molar-refractivity contribution in [2.24, 2.45) is 11.8 Å². The lowest BCUT2D eigenvalue weighted by atomic mass is 9.74. The molecule has 3 aromatic carbocycles. The van der Waals surface area contributed by atoms with Gasteiger partial charge in [0.25, 0.3) is 5.91 Å². The van der Waals surface area contributed by atoms with Crippen molar-refractivity contribution in [2.75, 3.05) is 18.1 Å². The summed E-state index contributed by atoms with van der Waals surface area (Å²) in [6, 6.07) is 21.3. The van der Waals surface area contributed by atoms with E-state index in [1.54, 1.807) is 31.2 Å². The fraction of sp³-hybridized carbons (Fsp3) is 0.366. The van der Waals surface area contributed by atoms with Crippen molar-refractivity contribution in [3.63, 3.8) is 0 Å². The van der Waals surface area contributed by atoms with Gasteiger partial charge < -0.3 is 29.7 Å². The topological polar surface area (TPSA) is 125 Å². The molecular weight excluding hydrogens is 682 g/mol. The number of ether oxygens (including phenoxy) is 2. The molecule has 52 heavy (non-hydrogen) atoms. The number of aliphatic hydroxyl groups is 1. The van der Waals surface area contributed by atoms with Gasteiger partial charge in [0.1, 0.15) is 23.7 Å². The van der Waals surface area contributed by atoms with E-state index in [-0.39, 0.29) is 25.3 Å². The summed E-state index contributed by atoms with van der Waals surface area (Å²) in [5.74, 6) is -4.06. The Kier molecular flexibility index (Phi) is 10.1. The smallest absolute Gasteiger partial charge is 0.313 e. The summed E-state index contributed by atoms with van der Waals surface area (Å²) < 4.78 is 12.9. The molecule has 270 valence electrons. The molecule has 4 heterocycles. The van der Waals surface area contributed by atoms with Crippen molar-refractivity contribution in [2.45, 2.75) is 69.0 Å². The summed E-state index contributed by atoms with van der Waals surface area (Å²) in [6.07, 6.45) is 6.23. The van der Waals surface area contributed by atoms with E-state index in [4.69, 9.17) is 21.1 Å². The minimum atomic E-state index is -1.53. The first kappa shape index (κ1) is 35.6. The summed E-state index contributed by atoms with van der Waals surface area (Å²) in [7, 11) is 0. The van der Waals surface area contributed by atoms with Crippen LogP contribution in [0.1, 0.15) is 42.6 Å². The highest BCUT2D eigenvalue weighted by Crippen LogP contribution is 2.56. The number of aryl methyl sites for hydroxylation is 1. The zero-order valence-corrected chi connectivity index (χ0v) is 29.8. The number of fused-ring (bicyclic) bond motifs is 2. The van der Waals surface area contributed by atoms with E-state index < -0.39 is 72.2 Å². The highest BCUT2D eigenvalue weighted by molar-refractivity contribution is 6.34. The lowest BCUT2D eigenvalue weighted by molar-refractivity contribution is -0.161. The Hall–Kier alpha value is -4.77. The highest BCUT2D eigenvalue weighted by Gasteiger charge is 2.74. The molecule has 8 atom stereocenters. The summed E-state index contributed by atoms with van der Waals surface area (Å²) in [5.41, 5.74) is 1.22. The van der Waals surface area contributed by atoms with E-state index in [0.717, 1.165) is 11.1 Å². The quantitative estimate of drug-likeness (QED) is 0.275. The third kappa shape index (κ3) is 6.33. The summed E-state index contributed by atoms with van der Waals surface area (Å²) >= 11 is 6.80. The molecule has 2 saturated heterocycles. The van der Waals surface area contributed by atoms with Gasteiger partial charge in [-0.25, -0.2) is 0 Å². The lowest BCUT2D eigenvalue weighted by Gasteiger charge is -2.39. The molecule has 3 amide bonds. The van der Waals surface area contributed by atoms with Crippen LogP contribution in [0.25, 0.3) is 0 Å². The predicted octanol–water partition coefficient (Wildman–Crippen LogP) is 4.87. The van der Waals surface area contributed by atoms with E-state index in [2.05, 4.69) is 5.32 Å². The first-order valence-corrected chi connectivity index (χ1v) is 18.1. The van der Waals surface area contributed by atoms with Gasteiger partial charge in [-0.1, -0.05) is 109 Å². The van der Waals surface area contributed by atoms with Crippen LogP contribution >= 0.6 is 11.6 Å². The standard InChI is InChI=1S/C41H42ClN3O7/c1-25-13-12-18-30(42)35(25)44-22-11-5-10-19-32(47)43-26(2)36(28-16-8-4-9-17-28)51-40(50)33-31-20-21-41(52-31)34(33)38(48)45(37(41)39(44)49)29(24-46)23-27-14-6-3-7-15-27/h3-9,11-18,20-21,26,29,31,33-34,36-37,46H,10,19,22-24H2,1-2H3,(H,43,47)/b11-5-/t26-,29+,31+,33-,34-,36+,37+,41-/m0/s1. The van der Waals surface area contributed by atoms with Crippen molar-refractivity contribution < 1.29 is 33.8 Å². The number of cyclic esters (lactones) is 1. The number of nitrogens with zero attached hydrogens (tertiary/aromatic N) is 2. The normalized spacial score (nSPS) is 30.2. The Labute approximate surface area is 308 Å². The maximum absolute atomic E-state index is 15.3. The number of anilines is 1. The molecule has 0 radical (unpaired) electrons.